The number of anilines is 1. The van der Waals surface area contributed by atoms with Gasteiger partial charge in [-0.2, -0.15) is 0 Å². The van der Waals surface area contributed by atoms with Crippen molar-refractivity contribution < 1.29 is 4.79 Å². The molecule has 2 N–H and O–H groups in total. The van der Waals surface area contributed by atoms with Gasteiger partial charge in [0.25, 0.3) is 0 Å². The van der Waals surface area contributed by atoms with Gasteiger partial charge in [-0.15, -0.1) is 6.42 Å². The molecule has 1 rings (SSSR count). The number of rotatable bonds is 4. The number of terminal acetylenes is 1. The fourth-order valence-electron chi connectivity index (χ4n) is 1.35. The highest BCUT2D eigenvalue weighted by atomic mass is 35.5. The Morgan fingerprint density at radius 1 is 1.59 bits per heavy atom. The van der Waals surface area contributed by atoms with Crippen LogP contribution in [0, 0.1) is 19.3 Å². The molecule has 1 unspecified atom stereocenters. The standard InChI is InChI=1S/C13H15ClN2O/c1-4-8-15-13(17)10(3)16-11-7-5-6-9(2)12(11)14/h1,5-7,10,16H,8H2,2-3H3,(H,15,17). The molecule has 0 radical (unpaired) electrons. The van der Waals surface area contributed by atoms with Gasteiger partial charge in [0.15, 0.2) is 0 Å². The molecule has 0 heterocycles. The zero-order valence-corrected chi connectivity index (χ0v) is 10.6. The Labute approximate surface area is 107 Å². The lowest BCUT2D eigenvalue weighted by Crippen LogP contribution is -2.37. The van der Waals surface area contributed by atoms with Crippen molar-refractivity contribution in [2.75, 3.05) is 11.9 Å². The lowest BCUT2D eigenvalue weighted by molar-refractivity contribution is -0.121. The monoisotopic (exact) mass is 250 g/mol. The van der Waals surface area contributed by atoms with E-state index in [2.05, 4.69) is 16.6 Å². The van der Waals surface area contributed by atoms with Gasteiger partial charge in [0.2, 0.25) is 5.91 Å². The summed E-state index contributed by atoms with van der Waals surface area (Å²) in [4.78, 5) is 11.6. The van der Waals surface area contributed by atoms with E-state index in [0.29, 0.717) is 5.02 Å². The molecule has 0 bridgehead atoms. The minimum Gasteiger partial charge on any atom is -0.373 e. The molecule has 1 aromatic rings. The van der Waals surface area contributed by atoms with E-state index >= 15 is 0 Å². The molecule has 1 amide bonds. The van der Waals surface area contributed by atoms with Crippen molar-refractivity contribution in [1.82, 2.24) is 5.32 Å². The summed E-state index contributed by atoms with van der Waals surface area (Å²) in [5.41, 5.74) is 1.71. The van der Waals surface area contributed by atoms with Crippen molar-refractivity contribution >= 4 is 23.2 Å². The van der Waals surface area contributed by atoms with Crippen molar-refractivity contribution in [2.45, 2.75) is 19.9 Å². The van der Waals surface area contributed by atoms with Crippen LogP contribution in [0.3, 0.4) is 0 Å². The highest BCUT2D eigenvalue weighted by Gasteiger charge is 2.13. The highest BCUT2D eigenvalue weighted by molar-refractivity contribution is 6.34. The quantitative estimate of drug-likeness (QED) is 0.805. The summed E-state index contributed by atoms with van der Waals surface area (Å²) >= 11 is 6.12. The van der Waals surface area contributed by atoms with Crippen LogP contribution in [0.4, 0.5) is 5.69 Å². The molecule has 0 saturated heterocycles. The summed E-state index contributed by atoms with van der Waals surface area (Å²) in [6.07, 6.45) is 5.07. The molecular weight excluding hydrogens is 236 g/mol. The predicted octanol–water partition coefficient (Wildman–Crippen LogP) is 2.20. The molecule has 17 heavy (non-hydrogen) atoms. The lowest BCUT2D eigenvalue weighted by atomic mass is 10.2. The van der Waals surface area contributed by atoms with Gasteiger partial charge in [0.1, 0.15) is 6.04 Å². The van der Waals surface area contributed by atoms with Crippen molar-refractivity contribution in [1.29, 1.82) is 0 Å². The van der Waals surface area contributed by atoms with E-state index in [9.17, 15) is 4.79 Å². The largest absolute Gasteiger partial charge is 0.373 e. The van der Waals surface area contributed by atoms with Crippen molar-refractivity contribution in [2.24, 2.45) is 0 Å². The molecule has 90 valence electrons. The smallest absolute Gasteiger partial charge is 0.242 e. The van der Waals surface area contributed by atoms with E-state index < -0.39 is 0 Å². The summed E-state index contributed by atoms with van der Waals surface area (Å²) in [5.74, 6) is 2.20. The highest BCUT2D eigenvalue weighted by Crippen LogP contribution is 2.25. The first-order valence-electron chi connectivity index (χ1n) is 5.29. The number of carbonyl (C=O) groups is 1. The second kappa shape index (κ2) is 6.17. The average molecular weight is 251 g/mol. The zero-order chi connectivity index (χ0) is 12.8. The summed E-state index contributed by atoms with van der Waals surface area (Å²) in [5, 5.41) is 6.28. The summed E-state index contributed by atoms with van der Waals surface area (Å²) < 4.78 is 0. The van der Waals surface area contributed by atoms with Gasteiger partial charge in [-0.25, -0.2) is 0 Å². The summed E-state index contributed by atoms with van der Waals surface area (Å²) in [6, 6.07) is 5.25. The van der Waals surface area contributed by atoms with Gasteiger partial charge in [-0.1, -0.05) is 29.7 Å². The third-order valence-electron chi connectivity index (χ3n) is 2.32. The maximum atomic E-state index is 11.6. The molecule has 4 heteroatoms. The van der Waals surface area contributed by atoms with Crippen LogP contribution in [0.5, 0.6) is 0 Å². The summed E-state index contributed by atoms with van der Waals surface area (Å²) in [6.45, 7) is 3.90. The van der Waals surface area contributed by atoms with Crippen LogP contribution in [0.1, 0.15) is 12.5 Å². The van der Waals surface area contributed by atoms with E-state index in [-0.39, 0.29) is 18.5 Å². The molecule has 0 aliphatic carbocycles. The van der Waals surface area contributed by atoms with Crippen LogP contribution in [-0.2, 0) is 4.79 Å². The zero-order valence-electron chi connectivity index (χ0n) is 9.88. The number of nitrogens with one attached hydrogen (secondary N) is 2. The Bertz CT molecular complexity index is 451. The molecule has 0 aliphatic heterocycles. The van der Waals surface area contributed by atoms with Gasteiger partial charge >= 0.3 is 0 Å². The predicted molar refractivity (Wildman–Crippen MR) is 71.1 cm³/mol. The molecule has 3 nitrogen and oxygen atoms in total. The van der Waals surface area contributed by atoms with Crippen molar-refractivity contribution in [3.8, 4) is 12.3 Å². The topological polar surface area (TPSA) is 41.1 Å². The van der Waals surface area contributed by atoms with Crippen LogP contribution in [0.25, 0.3) is 0 Å². The van der Waals surface area contributed by atoms with E-state index in [1.807, 2.05) is 25.1 Å². The molecule has 0 saturated carbocycles. The average Bonchev–Trinajstić information content (AvgIpc) is 2.31. The normalized spacial score (nSPS) is 11.4. The van der Waals surface area contributed by atoms with Crippen LogP contribution in [-0.4, -0.2) is 18.5 Å². The molecule has 0 aromatic heterocycles. The number of hydrogen-bond acceptors (Lipinski definition) is 2. The Hall–Kier alpha value is -1.66. The Balaban J connectivity index is 2.68. The maximum Gasteiger partial charge on any atom is 0.242 e. The van der Waals surface area contributed by atoms with Crippen LogP contribution >= 0.6 is 11.6 Å². The number of halogens is 1. The first kappa shape index (κ1) is 13.4. The fourth-order valence-corrected chi connectivity index (χ4v) is 1.53. The Morgan fingerprint density at radius 2 is 2.29 bits per heavy atom. The second-order valence-corrected chi connectivity index (χ2v) is 4.10. The molecule has 0 aliphatic rings. The first-order valence-corrected chi connectivity index (χ1v) is 5.67. The molecule has 0 fully saturated rings. The van der Waals surface area contributed by atoms with E-state index in [0.717, 1.165) is 11.3 Å². The number of amides is 1. The van der Waals surface area contributed by atoms with Gasteiger partial charge in [0.05, 0.1) is 17.3 Å². The fraction of sp³-hybridized carbons (Fsp3) is 0.308. The third kappa shape index (κ3) is 3.69. The van der Waals surface area contributed by atoms with Crippen LogP contribution in [0.2, 0.25) is 5.02 Å². The van der Waals surface area contributed by atoms with Crippen molar-refractivity contribution in [3.05, 3.63) is 28.8 Å². The van der Waals surface area contributed by atoms with Crippen LogP contribution < -0.4 is 10.6 Å². The van der Waals surface area contributed by atoms with Gasteiger partial charge in [-0.05, 0) is 25.5 Å². The maximum absolute atomic E-state index is 11.6. The van der Waals surface area contributed by atoms with E-state index in [4.69, 9.17) is 18.0 Å². The Morgan fingerprint density at radius 3 is 2.94 bits per heavy atom. The third-order valence-corrected chi connectivity index (χ3v) is 2.82. The minimum atomic E-state index is -0.386. The van der Waals surface area contributed by atoms with E-state index in [1.54, 1.807) is 6.92 Å². The lowest BCUT2D eigenvalue weighted by Gasteiger charge is -2.16. The minimum absolute atomic E-state index is 0.152. The number of aryl methyl sites for hydroxylation is 1. The van der Waals surface area contributed by atoms with E-state index in [1.165, 1.54) is 0 Å². The summed E-state index contributed by atoms with van der Waals surface area (Å²) in [7, 11) is 0. The molecule has 1 atom stereocenters. The SMILES string of the molecule is C#CCNC(=O)C(C)Nc1cccc(C)c1Cl. The number of benzene rings is 1. The number of hydrogen-bond donors (Lipinski definition) is 2. The van der Waals surface area contributed by atoms with Crippen molar-refractivity contribution in [3.63, 3.8) is 0 Å². The van der Waals surface area contributed by atoms with Gasteiger partial charge < -0.3 is 10.6 Å². The molecular formula is C13H15ClN2O. The van der Waals surface area contributed by atoms with Crippen LogP contribution in [0.15, 0.2) is 18.2 Å². The Kier molecular flexibility index (Phi) is 4.86. The second-order valence-electron chi connectivity index (χ2n) is 3.72. The van der Waals surface area contributed by atoms with Gasteiger partial charge in [-0.3, -0.25) is 4.79 Å². The van der Waals surface area contributed by atoms with Gasteiger partial charge in [0, 0.05) is 0 Å². The number of carbonyl (C=O) groups excluding carboxylic acids is 1. The first-order chi connectivity index (χ1) is 8.06. The molecule has 0 spiro atoms. The molecule has 1 aromatic carbocycles.